The number of hydrogen-bond acceptors (Lipinski definition) is 6. The number of rotatable bonds is 3. The number of likely N-dealkylation sites (N-methyl/N-ethyl adjacent to an activating group) is 1. The molecule has 2 fully saturated rings. The van der Waals surface area contributed by atoms with Gasteiger partial charge in [-0.1, -0.05) is 43.9 Å². The molecule has 0 N–H and O–H groups in total. The molecule has 2 aromatic rings. The van der Waals surface area contributed by atoms with E-state index in [1.165, 1.54) is 11.8 Å². The third-order valence-electron chi connectivity index (χ3n) is 5.70. The summed E-state index contributed by atoms with van der Waals surface area (Å²) in [6, 6.07) is 3.80. The summed E-state index contributed by atoms with van der Waals surface area (Å²) in [7, 11) is 0. The minimum absolute atomic E-state index is 0.146. The van der Waals surface area contributed by atoms with Crippen molar-refractivity contribution in [3.63, 3.8) is 0 Å². The highest BCUT2D eigenvalue weighted by Crippen LogP contribution is 2.34. The van der Waals surface area contributed by atoms with E-state index < -0.39 is 0 Å². The highest BCUT2D eigenvalue weighted by molar-refractivity contribution is 8.26. The Kier molecular flexibility index (Phi) is 5.72. The lowest BCUT2D eigenvalue weighted by atomic mass is 9.91. The molecule has 8 heteroatoms. The summed E-state index contributed by atoms with van der Waals surface area (Å²) in [5, 5.41) is 0. The van der Waals surface area contributed by atoms with Crippen LogP contribution >= 0.6 is 24.0 Å². The van der Waals surface area contributed by atoms with Crippen molar-refractivity contribution in [3.05, 3.63) is 44.7 Å². The highest BCUT2D eigenvalue weighted by Gasteiger charge is 2.32. The highest BCUT2D eigenvalue weighted by atomic mass is 32.2. The number of nitrogens with zero attached hydrogens (tertiary/aromatic N) is 4. The average molecular weight is 443 g/mol. The molecule has 2 atom stereocenters. The van der Waals surface area contributed by atoms with Crippen molar-refractivity contribution in [2.75, 3.05) is 24.5 Å². The van der Waals surface area contributed by atoms with E-state index in [0.717, 1.165) is 25.1 Å². The molecule has 158 valence electrons. The van der Waals surface area contributed by atoms with Crippen LogP contribution < -0.4 is 10.5 Å². The molecule has 2 aliphatic heterocycles. The first kappa shape index (κ1) is 21.1. The summed E-state index contributed by atoms with van der Waals surface area (Å²) < 4.78 is 2.10. The third-order valence-corrected chi connectivity index (χ3v) is 7.08. The minimum atomic E-state index is -0.161. The molecule has 2 aliphatic rings. The van der Waals surface area contributed by atoms with Crippen molar-refractivity contribution in [3.8, 4) is 0 Å². The van der Waals surface area contributed by atoms with Crippen molar-refractivity contribution in [1.29, 1.82) is 0 Å². The fourth-order valence-corrected chi connectivity index (χ4v) is 5.77. The van der Waals surface area contributed by atoms with Crippen molar-refractivity contribution in [2.24, 2.45) is 11.8 Å². The number of anilines is 1. The zero-order valence-electron chi connectivity index (χ0n) is 17.7. The number of thiocarbonyl (C=S) groups is 1. The molecule has 0 saturated carbocycles. The van der Waals surface area contributed by atoms with E-state index in [0.29, 0.717) is 44.6 Å². The fraction of sp³-hybridized carbons (Fsp3) is 0.455. The molecule has 30 heavy (non-hydrogen) atoms. The summed E-state index contributed by atoms with van der Waals surface area (Å²) in [5.74, 6) is 1.54. The monoisotopic (exact) mass is 442 g/mol. The Morgan fingerprint density at radius 1 is 1.27 bits per heavy atom. The third kappa shape index (κ3) is 3.67. The van der Waals surface area contributed by atoms with E-state index in [2.05, 4.69) is 18.7 Å². The zero-order valence-corrected chi connectivity index (χ0v) is 19.3. The lowest BCUT2D eigenvalue weighted by Crippen LogP contribution is -2.40. The number of thioether (sulfide) groups is 1. The van der Waals surface area contributed by atoms with E-state index in [4.69, 9.17) is 17.2 Å². The maximum Gasteiger partial charge on any atom is 0.267 e. The largest absolute Gasteiger partial charge is 0.355 e. The van der Waals surface area contributed by atoms with Gasteiger partial charge in [-0.25, -0.2) is 4.98 Å². The quantitative estimate of drug-likeness (QED) is 0.534. The van der Waals surface area contributed by atoms with Gasteiger partial charge in [0.05, 0.1) is 10.5 Å². The molecule has 1 amide bonds. The van der Waals surface area contributed by atoms with Crippen molar-refractivity contribution < 1.29 is 4.79 Å². The Morgan fingerprint density at radius 3 is 2.60 bits per heavy atom. The van der Waals surface area contributed by atoms with Crippen LogP contribution in [0.3, 0.4) is 0 Å². The molecule has 2 saturated heterocycles. The number of carbonyl (C=O) groups excluding carboxylic acids is 1. The molecule has 4 rings (SSSR count). The van der Waals surface area contributed by atoms with E-state index in [-0.39, 0.29) is 11.5 Å². The Hall–Kier alpha value is -2.19. The Labute approximate surface area is 186 Å². The van der Waals surface area contributed by atoms with Crippen LogP contribution in [-0.2, 0) is 4.79 Å². The van der Waals surface area contributed by atoms with Gasteiger partial charge in [0, 0.05) is 25.8 Å². The summed E-state index contributed by atoms with van der Waals surface area (Å²) in [4.78, 5) is 35.5. The fourth-order valence-electron chi connectivity index (χ4n) is 4.41. The number of carbonyl (C=O) groups is 1. The average Bonchev–Trinajstić information content (AvgIpc) is 2.96. The van der Waals surface area contributed by atoms with E-state index in [1.54, 1.807) is 21.6 Å². The first-order chi connectivity index (χ1) is 14.3. The van der Waals surface area contributed by atoms with Crippen LogP contribution in [0.1, 0.15) is 38.3 Å². The summed E-state index contributed by atoms with van der Waals surface area (Å²) >= 11 is 6.59. The molecule has 0 aliphatic carbocycles. The van der Waals surface area contributed by atoms with E-state index in [1.807, 2.05) is 26.0 Å². The molecule has 0 spiro atoms. The first-order valence-corrected chi connectivity index (χ1v) is 11.5. The normalized spacial score (nSPS) is 23.8. The van der Waals surface area contributed by atoms with Crippen LogP contribution in [-0.4, -0.2) is 44.1 Å². The number of aryl methyl sites for hydroxylation is 1. The Balaban J connectivity index is 1.92. The maximum atomic E-state index is 13.5. The van der Waals surface area contributed by atoms with E-state index in [9.17, 15) is 9.59 Å². The molecule has 4 heterocycles. The molecular formula is C22H26N4O2S2. The van der Waals surface area contributed by atoms with Gasteiger partial charge in [0.1, 0.15) is 15.8 Å². The van der Waals surface area contributed by atoms with E-state index >= 15 is 0 Å². The molecule has 0 bridgehead atoms. The molecule has 0 radical (unpaired) electrons. The lowest BCUT2D eigenvalue weighted by Gasteiger charge is -2.36. The summed E-state index contributed by atoms with van der Waals surface area (Å²) in [5.41, 5.74) is 1.89. The SMILES string of the molecule is CCN1C(=O)/C(=C/c2c(N3CC(C)CC(C)C3)nc3c(C)cccn3c2=O)SC1=S. The Morgan fingerprint density at radius 2 is 1.97 bits per heavy atom. The van der Waals surface area contributed by atoms with Crippen molar-refractivity contribution >= 4 is 51.7 Å². The number of piperidine rings is 1. The van der Waals surface area contributed by atoms with Gasteiger partial charge in [-0.15, -0.1) is 0 Å². The Bertz CT molecular complexity index is 1110. The molecule has 6 nitrogen and oxygen atoms in total. The lowest BCUT2D eigenvalue weighted by molar-refractivity contribution is -0.121. The van der Waals surface area contributed by atoms with Gasteiger partial charge >= 0.3 is 0 Å². The van der Waals surface area contributed by atoms with Crippen LogP contribution in [0.25, 0.3) is 11.7 Å². The van der Waals surface area contributed by atoms with Gasteiger partial charge in [0.25, 0.3) is 11.5 Å². The second-order valence-corrected chi connectivity index (χ2v) is 9.99. The van der Waals surface area contributed by atoms with Gasteiger partial charge in [-0.2, -0.15) is 0 Å². The number of aromatic nitrogens is 2. The van der Waals surface area contributed by atoms with Gasteiger partial charge < -0.3 is 4.90 Å². The molecule has 2 unspecified atom stereocenters. The zero-order chi connectivity index (χ0) is 21.6. The van der Waals surface area contributed by atoms with Crippen LogP contribution in [0.15, 0.2) is 28.0 Å². The van der Waals surface area contributed by atoms with Crippen molar-refractivity contribution in [1.82, 2.24) is 14.3 Å². The number of hydrogen-bond donors (Lipinski definition) is 0. The first-order valence-electron chi connectivity index (χ1n) is 10.3. The summed E-state index contributed by atoms with van der Waals surface area (Å²) in [6.07, 6.45) is 4.59. The minimum Gasteiger partial charge on any atom is -0.355 e. The van der Waals surface area contributed by atoms with Crippen molar-refractivity contribution in [2.45, 2.75) is 34.1 Å². The van der Waals surface area contributed by atoms with Crippen LogP contribution in [0.4, 0.5) is 5.82 Å². The van der Waals surface area contributed by atoms with Crippen LogP contribution in [0, 0.1) is 18.8 Å². The standard InChI is InChI=1S/C22H26N4O2S2/c1-5-25-21(28)17(30-22(25)29)10-16-19(24-11-13(2)9-14(3)12-24)23-18-15(4)7-6-8-26(18)20(16)27/h6-8,10,13-14H,5,9,11-12H2,1-4H3/b17-10-. The van der Waals surface area contributed by atoms with Gasteiger partial charge in [0.2, 0.25) is 0 Å². The van der Waals surface area contributed by atoms with Gasteiger partial charge in [-0.3, -0.25) is 18.9 Å². The summed E-state index contributed by atoms with van der Waals surface area (Å²) in [6.45, 7) is 10.5. The topological polar surface area (TPSA) is 57.9 Å². The van der Waals surface area contributed by atoms with Gasteiger partial charge in [-0.05, 0) is 49.8 Å². The number of fused-ring (bicyclic) bond motifs is 1. The van der Waals surface area contributed by atoms with Gasteiger partial charge in [0.15, 0.2) is 0 Å². The van der Waals surface area contributed by atoms with Crippen LogP contribution in [0.5, 0.6) is 0 Å². The predicted molar refractivity (Wildman–Crippen MR) is 127 cm³/mol. The number of amides is 1. The number of pyridine rings is 1. The second kappa shape index (κ2) is 8.15. The maximum absolute atomic E-state index is 13.5. The smallest absolute Gasteiger partial charge is 0.267 e. The molecule has 0 aromatic carbocycles. The van der Waals surface area contributed by atoms with Crippen LogP contribution in [0.2, 0.25) is 0 Å². The second-order valence-electron chi connectivity index (χ2n) is 8.32. The predicted octanol–water partition coefficient (Wildman–Crippen LogP) is 3.71. The molecule has 2 aromatic heterocycles. The molecular weight excluding hydrogens is 416 g/mol.